The molecule has 1 aromatic carbocycles. The second-order valence-electron chi connectivity index (χ2n) is 9.92. The summed E-state index contributed by atoms with van der Waals surface area (Å²) in [6.07, 6.45) is 8.06. The number of fused-ring (bicyclic) bond motifs is 1. The molecule has 1 aliphatic heterocycles. The fraction of sp³-hybridized carbons (Fsp3) is 0.556. The minimum absolute atomic E-state index is 0.0430. The highest BCUT2D eigenvalue weighted by Gasteiger charge is 2.32. The number of carbonyl (C=O) groups is 3. The van der Waals surface area contributed by atoms with Crippen molar-refractivity contribution in [3.8, 4) is 11.5 Å². The monoisotopic (exact) mass is 512 g/mol. The van der Waals surface area contributed by atoms with Crippen LogP contribution in [0.5, 0.6) is 11.5 Å². The molecule has 200 valence electrons. The van der Waals surface area contributed by atoms with Gasteiger partial charge in [0.1, 0.15) is 12.1 Å². The number of rotatable bonds is 11. The maximum atomic E-state index is 13.5. The summed E-state index contributed by atoms with van der Waals surface area (Å²) in [4.78, 5) is 39.4. The van der Waals surface area contributed by atoms with E-state index in [-0.39, 0.29) is 36.8 Å². The van der Waals surface area contributed by atoms with E-state index < -0.39 is 18.0 Å². The van der Waals surface area contributed by atoms with Crippen LogP contribution in [0, 0.1) is 11.8 Å². The van der Waals surface area contributed by atoms with E-state index in [9.17, 15) is 14.4 Å². The van der Waals surface area contributed by atoms with Gasteiger partial charge >= 0.3 is 0 Å². The van der Waals surface area contributed by atoms with Crippen molar-refractivity contribution in [3.05, 3.63) is 41.8 Å². The van der Waals surface area contributed by atoms with Gasteiger partial charge in [-0.2, -0.15) is 0 Å². The van der Waals surface area contributed by atoms with Crippen molar-refractivity contribution >= 4 is 17.7 Å². The second kappa shape index (κ2) is 12.6. The average Bonchev–Trinajstić information content (AvgIpc) is 3.62. The minimum Gasteiger partial charge on any atom is -0.454 e. The van der Waals surface area contributed by atoms with E-state index in [0.29, 0.717) is 30.3 Å². The number of hydrogen-bond donors (Lipinski definition) is 3. The zero-order chi connectivity index (χ0) is 26.2. The van der Waals surface area contributed by atoms with Gasteiger partial charge in [0, 0.05) is 12.6 Å². The van der Waals surface area contributed by atoms with Crippen molar-refractivity contribution in [2.75, 3.05) is 6.79 Å². The van der Waals surface area contributed by atoms with Gasteiger partial charge in [-0.05, 0) is 36.0 Å². The van der Waals surface area contributed by atoms with Gasteiger partial charge in [-0.15, -0.1) is 0 Å². The molecule has 10 nitrogen and oxygen atoms in total. The van der Waals surface area contributed by atoms with Gasteiger partial charge in [-0.3, -0.25) is 14.4 Å². The molecule has 3 amide bonds. The fourth-order valence-corrected chi connectivity index (χ4v) is 4.86. The van der Waals surface area contributed by atoms with Crippen molar-refractivity contribution in [1.29, 1.82) is 0 Å². The smallest absolute Gasteiger partial charge is 0.290 e. The number of ether oxygens (including phenoxy) is 2. The first kappa shape index (κ1) is 26.5. The Morgan fingerprint density at radius 3 is 2.54 bits per heavy atom. The number of carbonyl (C=O) groups excluding carboxylic acids is 3. The van der Waals surface area contributed by atoms with Crippen LogP contribution in [0.2, 0.25) is 0 Å². The normalized spacial score (nSPS) is 17.5. The van der Waals surface area contributed by atoms with Gasteiger partial charge in [-0.25, -0.2) is 0 Å². The number of nitrogens with zero attached hydrogens (tertiary/aromatic N) is 1. The Morgan fingerprint density at radius 2 is 1.81 bits per heavy atom. The molecule has 2 aromatic rings. The van der Waals surface area contributed by atoms with E-state index in [2.05, 4.69) is 21.1 Å². The summed E-state index contributed by atoms with van der Waals surface area (Å²) >= 11 is 0. The Kier molecular flexibility index (Phi) is 9.03. The number of amides is 3. The molecule has 1 fully saturated rings. The van der Waals surface area contributed by atoms with Crippen LogP contribution in [-0.2, 0) is 16.1 Å². The van der Waals surface area contributed by atoms with Crippen LogP contribution >= 0.6 is 0 Å². The molecule has 0 unspecified atom stereocenters. The van der Waals surface area contributed by atoms with Gasteiger partial charge in [0.05, 0.1) is 6.20 Å². The van der Waals surface area contributed by atoms with Gasteiger partial charge in [0.15, 0.2) is 11.5 Å². The standard InChI is InChI=1S/C27H36N4O6/c1-3-17(2)24(27(34)28-15-19-9-10-21-23(14-19)36-16-35-21)31-25(32)20(13-18-7-5-4-6-8-18)30-26(33)22-11-12-29-37-22/h9-12,14,17-18,20,24H,3-8,13,15-16H2,1-2H3,(H,28,34)(H,30,33)(H,31,32)/t17-,20-,24-/m0/s1. The van der Waals surface area contributed by atoms with Crippen molar-refractivity contribution in [3.63, 3.8) is 0 Å². The van der Waals surface area contributed by atoms with Crippen molar-refractivity contribution in [2.24, 2.45) is 11.8 Å². The third kappa shape index (κ3) is 7.02. The minimum atomic E-state index is -0.783. The van der Waals surface area contributed by atoms with Crippen LogP contribution in [0.25, 0.3) is 0 Å². The first-order valence-corrected chi connectivity index (χ1v) is 13.1. The molecule has 1 aliphatic carbocycles. The third-order valence-electron chi connectivity index (χ3n) is 7.27. The Morgan fingerprint density at radius 1 is 1.03 bits per heavy atom. The highest BCUT2D eigenvalue weighted by Crippen LogP contribution is 2.32. The van der Waals surface area contributed by atoms with Crippen molar-refractivity contribution in [2.45, 2.75) is 77.4 Å². The average molecular weight is 513 g/mol. The lowest BCUT2D eigenvalue weighted by atomic mass is 9.84. The highest BCUT2D eigenvalue weighted by atomic mass is 16.7. The number of nitrogens with one attached hydrogen (secondary N) is 3. The van der Waals surface area contributed by atoms with E-state index in [1.54, 1.807) is 0 Å². The van der Waals surface area contributed by atoms with Gasteiger partial charge in [0.25, 0.3) is 5.91 Å². The molecule has 0 radical (unpaired) electrons. The topological polar surface area (TPSA) is 132 Å². The van der Waals surface area contributed by atoms with Gasteiger partial charge < -0.3 is 29.9 Å². The van der Waals surface area contributed by atoms with E-state index in [1.165, 1.54) is 18.7 Å². The molecule has 1 aromatic heterocycles. The molecule has 37 heavy (non-hydrogen) atoms. The van der Waals surface area contributed by atoms with Gasteiger partial charge in [0.2, 0.25) is 24.4 Å². The lowest BCUT2D eigenvalue weighted by molar-refractivity contribution is -0.131. The Bertz CT molecular complexity index is 1070. The maximum Gasteiger partial charge on any atom is 0.290 e. The lowest BCUT2D eigenvalue weighted by Crippen LogP contribution is -2.56. The fourth-order valence-electron chi connectivity index (χ4n) is 4.86. The first-order valence-electron chi connectivity index (χ1n) is 13.1. The Labute approximate surface area is 216 Å². The Balaban J connectivity index is 1.42. The number of benzene rings is 1. The summed E-state index contributed by atoms with van der Waals surface area (Å²) in [6.45, 7) is 4.36. The van der Waals surface area contributed by atoms with Crippen LogP contribution in [-0.4, -0.2) is 41.8 Å². The highest BCUT2D eigenvalue weighted by molar-refractivity contribution is 5.96. The van der Waals surface area contributed by atoms with Crippen LogP contribution in [0.3, 0.4) is 0 Å². The number of aromatic nitrogens is 1. The van der Waals surface area contributed by atoms with E-state index in [4.69, 9.17) is 14.0 Å². The molecule has 3 atom stereocenters. The summed E-state index contributed by atoms with van der Waals surface area (Å²) < 4.78 is 15.7. The SMILES string of the molecule is CC[C@H](C)[C@H](NC(=O)[C@H](CC1CCCCC1)NC(=O)c1ccno1)C(=O)NCc1ccc2c(c1)OCO2. The second-order valence-corrected chi connectivity index (χ2v) is 9.92. The predicted molar refractivity (Wildman–Crippen MR) is 135 cm³/mol. The molecule has 0 saturated heterocycles. The van der Waals surface area contributed by atoms with Crippen LogP contribution < -0.4 is 25.4 Å². The van der Waals surface area contributed by atoms with Crippen LogP contribution in [0.15, 0.2) is 35.0 Å². The third-order valence-corrected chi connectivity index (χ3v) is 7.27. The molecular formula is C27H36N4O6. The van der Waals surface area contributed by atoms with Gasteiger partial charge in [-0.1, -0.05) is 63.6 Å². The molecule has 0 bridgehead atoms. The molecule has 2 aliphatic rings. The zero-order valence-corrected chi connectivity index (χ0v) is 21.5. The van der Waals surface area contributed by atoms with Crippen LogP contribution in [0.1, 0.15) is 74.9 Å². The largest absolute Gasteiger partial charge is 0.454 e. The maximum absolute atomic E-state index is 13.5. The lowest BCUT2D eigenvalue weighted by Gasteiger charge is -2.29. The Hall–Kier alpha value is -3.56. The molecule has 2 heterocycles. The summed E-state index contributed by atoms with van der Waals surface area (Å²) in [6, 6.07) is 5.43. The van der Waals surface area contributed by atoms with Crippen molar-refractivity contribution < 1.29 is 28.4 Å². The van der Waals surface area contributed by atoms with Crippen LogP contribution in [0.4, 0.5) is 0 Å². The van der Waals surface area contributed by atoms with E-state index >= 15 is 0 Å². The summed E-state index contributed by atoms with van der Waals surface area (Å²) in [5.74, 6) is 0.438. The molecule has 3 N–H and O–H groups in total. The van der Waals surface area contributed by atoms with Crippen molar-refractivity contribution in [1.82, 2.24) is 21.1 Å². The van der Waals surface area contributed by atoms with E-state index in [1.807, 2.05) is 32.0 Å². The molecule has 1 saturated carbocycles. The molecule has 0 spiro atoms. The molecule has 4 rings (SSSR count). The quantitative estimate of drug-likeness (QED) is 0.421. The first-order chi connectivity index (χ1) is 17.9. The summed E-state index contributed by atoms with van der Waals surface area (Å²) in [5, 5.41) is 12.2. The number of hydrogen-bond acceptors (Lipinski definition) is 7. The molecule has 10 heteroatoms. The summed E-state index contributed by atoms with van der Waals surface area (Å²) in [5.41, 5.74) is 0.862. The summed E-state index contributed by atoms with van der Waals surface area (Å²) in [7, 11) is 0. The van der Waals surface area contributed by atoms with E-state index in [0.717, 1.165) is 31.2 Å². The predicted octanol–water partition coefficient (Wildman–Crippen LogP) is 3.32. The molecular weight excluding hydrogens is 476 g/mol. The zero-order valence-electron chi connectivity index (χ0n) is 21.5.